The molecule has 1 saturated heterocycles. The predicted octanol–water partition coefficient (Wildman–Crippen LogP) is 0.972. The van der Waals surface area contributed by atoms with E-state index < -0.39 is 22.8 Å². The van der Waals surface area contributed by atoms with Gasteiger partial charge < -0.3 is 24.5 Å². The number of hydrogen-bond acceptors (Lipinski definition) is 5. The molecule has 0 aliphatic carbocycles. The number of nitrogens with zero attached hydrogens (tertiary/aromatic N) is 2. The Morgan fingerprint density at radius 1 is 1.31 bits per heavy atom. The lowest BCUT2D eigenvalue weighted by Crippen LogP contribution is -2.38. The van der Waals surface area contributed by atoms with Crippen LogP contribution in [0.15, 0.2) is 17.1 Å². The van der Waals surface area contributed by atoms with Crippen LogP contribution in [0.2, 0.25) is 0 Å². The maximum absolute atomic E-state index is 15.0. The van der Waals surface area contributed by atoms with E-state index in [-0.39, 0.29) is 17.5 Å². The van der Waals surface area contributed by atoms with E-state index in [4.69, 9.17) is 0 Å². The van der Waals surface area contributed by atoms with E-state index in [9.17, 15) is 24.2 Å². The molecule has 4 rings (SSSR count). The molecule has 2 aliphatic rings. The molecule has 0 unspecified atom stereocenters. The van der Waals surface area contributed by atoms with E-state index in [1.807, 2.05) is 11.8 Å². The van der Waals surface area contributed by atoms with E-state index in [0.717, 1.165) is 18.1 Å². The molecule has 2 aromatic rings. The van der Waals surface area contributed by atoms with Crippen molar-refractivity contribution in [2.45, 2.75) is 44.8 Å². The van der Waals surface area contributed by atoms with Crippen LogP contribution >= 0.6 is 0 Å². The summed E-state index contributed by atoms with van der Waals surface area (Å²) < 4.78 is 16.8. The molecule has 1 aromatic carbocycles. The second-order valence-corrected chi connectivity index (χ2v) is 7.25. The Labute approximate surface area is 149 Å². The Morgan fingerprint density at radius 3 is 2.65 bits per heavy atom. The molecule has 0 amide bonds. The zero-order chi connectivity index (χ0) is 18.6. The molecule has 7 heteroatoms. The van der Waals surface area contributed by atoms with Gasteiger partial charge in [0.2, 0.25) is 0 Å². The third-order valence-electron chi connectivity index (χ3n) is 5.63. The number of carboxylic acids is 1. The Morgan fingerprint density at radius 2 is 2.00 bits per heavy atom. The van der Waals surface area contributed by atoms with Crippen molar-refractivity contribution in [1.82, 2.24) is 4.57 Å². The van der Waals surface area contributed by atoms with Crippen molar-refractivity contribution >= 4 is 22.6 Å². The third kappa shape index (κ3) is 2.49. The molecule has 1 fully saturated rings. The van der Waals surface area contributed by atoms with Crippen LogP contribution in [0.3, 0.4) is 0 Å². The standard InChI is InChI=1S/C19H21FN2O4/c1-10-2-3-12-16-13(18(24)14(19(25)26)9-22(10)16)8-15(20)17(12)21-6-4-11(23)5-7-21/h8-11,23H,2-7H2,1H3,(H,25,26)/p-1/t10-/m0/s1. The monoisotopic (exact) mass is 359 g/mol. The van der Waals surface area contributed by atoms with Crippen molar-refractivity contribution in [3.05, 3.63) is 39.4 Å². The predicted molar refractivity (Wildman–Crippen MR) is 93.0 cm³/mol. The average Bonchev–Trinajstić information content (AvgIpc) is 2.60. The number of pyridine rings is 1. The Balaban J connectivity index is 2.00. The van der Waals surface area contributed by atoms with Gasteiger partial charge in [0.05, 0.1) is 28.8 Å². The maximum Gasteiger partial charge on any atom is 0.198 e. The molecule has 0 radical (unpaired) electrons. The molecule has 6 nitrogen and oxygen atoms in total. The average molecular weight is 359 g/mol. The molecule has 138 valence electrons. The molecule has 0 bridgehead atoms. The summed E-state index contributed by atoms with van der Waals surface area (Å²) in [4.78, 5) is 25.8. The van der Waals surface area contributed by atoms with Crippen LogP contribution in [-0.2, 0) is 6.42 Å². The second kappa shape index (κ2) is 6.09. The fourth-order valence-corrected chi connectivity index (χ4v) is 4.21. The first-order valence-electron chi connectivity index (χ1n) is 8.93. The van der Waals surface area contributed by atoms with E-state index >= 15 is 0 Å². The molecule has 1 atom stereocenters. The summed E-state index contributed by atoms with van der Waals surface area (Å²) >= 11 is 0. The number of aliphatic hydroxyl groups excluding tert-OH is 1. The number of aryl methyl sites for hydroxylation is 1. The summed E-state index contributed by atoms with van der Waals surface area (Å²) in [6, 6.07) is 1.16. The van der Waals surface area contributed by atoms with Crippen LogP contribution in [-0.4, -0.2) is 34.8 Å². The SMILES string of the molecule is C[C@H]1CCc2c(N3CCC(O)CC3)c(F)cc3c(=O)c(C(=O)[O-])cn1c23. The topological polar surface area (TPSA) is 85.6 Å². The number of carbonyl (C=O) groups excluding carboxylic acids is 1. The lowest BCUT2D eigenvalue weighted by Gasteiger charge is -2.36. The molecular formula is C19H20FN2O4-. The maximum atomic E-state index is 15.0. The lowest BCUT2D eigenvalue weighted by molar-refractivity contribution is -0.255. The van der Waals surface area contributed by atoms with Crippen LogP contribution < -0.4 is 15.4 Å². The Kier molecular flexibility index (Phi) is 3.99. The van der Waals surface area contributed by atoms with Crippen molar-refractivity contribution in [3.8, 4) is 0 Å². The number of aliphatic hydroxyl groups is 1. The van der Waals surface area contributed by atoms with Crippen molar-refractivity contribution in [1.29, 1.82) is 0 Å². The normalized spacial score (nSPS) is 20.6. The summed E-state index contributed by atoms with van der Waals surface area (Å²) in [5.74, 6) is -2.06. The van der Waals surface area contributed by atoms with Gasteiger partial charge in [0.1, 0.15) is 5.82 Å². The number of piperidine rings is 1. The van der Waals surface area contributed by atoms with Gasteiger partial charge in [-0.2, -0.15) is 0 Å². The number of halogens is 1. The summed E-state index contributed by atoms with van der Waals surface area (Å²) in [6.45, 7) is 3.05. The van der Waals surface area contributed by atoms with E-state index in [1.54, 1.807) is 4.57 Å². The van der Waals surface area contributed by atoms with E-state index in [1.165, 1.54) is 6.20 Å². The van der Waals surface area contributed by atoms with Gasteiger partial charge in [0.25, 0.3) is 0 Å². The molecule has 1 aromatic heterocycles. The van der Waals surface area contributed by atoms with Crippen molar-refractivity contribution in [2.75, 3.05) is 18.0 Å². The summed E-state index contributed by atoms with van der Waals surface area (Å²) in [6.07, 6.45) is 3.45. The zero-order valence-electron chi connectivity index (χ0n) is 14.5. The molecule has 0 spiro atoms. The van der Waals surface area contributed by atoms with Crippen LogP contribution in [0.4, 0.5) is 10.1 Å². The quantitative estimate of drug-likeness (QED) is 0.864. The summed E-state index contributed by atoms with van der Waals surface area (Å²) in [5, 5.41) is 21.1. The first-order valence-corrected chi connectivity index (χ1v) is 8.93. The van der Waals surface area contributed by atoms with Crippen LogP contribution in [0.5, 0.6) is 0 Å². The number of aromatic nitrogens is 1. The highest BCUT2D eigenvalue weighted by Crippen LogP contribution is 2.38. The van der Waals surface area contributed by atoms with E-state index in [2.05, 4.69) is 0 Å². The van der Waals surface area contributed by atoms with Gasteiger partial charge in [-0.3, -0.25) is 4.79 Å². The number of carboxylic acid groups (broad SMARTS) is 1. The highest BCUT2D eigenvalue weighted by atomic mass is 19.1. The number of carbonyl (C=O) groups is 1. The highest BCUT2D eigenvalue weighted by Gasteiger charge is 2.29. The summed E-state index contributed by atoms with van der Waals surface area (Å²) in [5.41, 5.74) is 0.694. The van der Waals surface area contributed by atoms with Gasteiger partial charge >= 0.3 is 0 Å². The number of hydrogen-bond donors (Lipinski definition) is 1. The Hall–Kier alpha value is -2.41. The minimum Gasteiger partial charge on any atom is -0.545 e. The van der Waals surface area contributed by atoms with Crippen LogP contribution in [0.25, 0.3) is 10.9 Å². The number of aromatic carboxylic acids is 1. The van der Waals surface area contributed by atoms with Crippen molar-refractivity contribution in [2.24, 2.45) is 0 Å². The van der Waals surface area contributed by atoms with Gasteiger partial charge in [-0.25, -0.2) is 4.39 Å². The molecule has 2 aliphatic heterocycles. The van der Waals surface area contributed by atoms with Gasteiger partial charge in [0.15, 0.2) is 5.43 Å². The van der Waals surface area contributed by atoms with Gasteiger partial charge in [-0.05, 0) is 38.7 Å². The fourth-order valence-electron chi connectivity index (χ4n) is 4.21. The lowest BCUT2D eigenvalue weighted by atomic mass is 9.93. The third-order valence-corrected chi connectivity index (χ3v) is 5.63. The number of benzene rings is 1. The van der Waals surface area contributed by atoms with Crippen LogP contribution in [0, 0.1) is 5.82 Å². The zero-order valence-corrected chi connectivity index (χ0v) is 14.5. The molecule has 3 heterocycles. The number of rotatable bonds is 2. The Bertz CT molecular complexity index is 960. The first kappa shape index (κ1) is 17.0. The molecule has 0 saturated carbocycles. The number of anilines is 1. The molecule has 26 heavy (non-hydrogen) atoms. The van der Waals surface area contributed by atoms with Crippen molar-refractivity contribution in [3.63, 3.8) is 0 Å². The fraction of sp³-hybridized carbons (Fsp3) is 0.474. The smallest absolute Gasteiger partial charge is 0.198 e. The van der Waals surface area contributed by atoms with Gasteiger partial charge in [0, 0.05) is 36.3 Å². The largest absolute Gasteiger partial charge is 0.545 e. The summed E-state index contributed by atoms with van der Waals surface area (Å²) in [7, 11) is 0. The second-order valence-electron chi connectivity index (χ2n) is 7.25. The van der Waals surface area contributed by atoms with Gasteiger partial charge in [-0.15, -0.1) is 0 Å². The highest BCUT2D eigenvalue weighted by molar-refractivity contribution is 5.94. The van der Waals surface area contributed by atoms with E-state index in [0.29, 0.717) is 43.6 Å². The minimum atomic E-state index is -1.55. The molecule has 1 N–H and O–H groups in total. The first-order chi connectivity index (χ1) is 12.4. The minimum absolute atomic E-state index is 0.00480. The van der Waals surface area contributed by atoms with Gasteiger partial charge in [-0.1, -0.05) is 0 Å². The van der Waals surface area contributed by atoms with Crippen LogP contribution in [0.1, 0.15) is 48.1 Å². The van der Waals surface area contributed by atoms with Crippen molar-refractivity contribution < 1.29 is 19.4 Å². The molecular weight excluding hydrogens is 339 g/mol.